The van der Waals surface area contributed by atoms with Crippen molar-refractivity contribution in [3.63, 3.8) is 0 Å². The smallest absolute Gasteiger partial charge is 0.303 e. The van der Waals surface area contributed by atoms with Crippen LogP contribution in [-0.4, -0.2) is 120 Å². The summed E-state index contributed by atoms with van der Waals surface area (Å²) in [6.07, 6.45) is 3.50. The Hall–Kier alpha value is -1.34. The van der Waals surface area contributed by atoms with Gasteiger partial charge in [-0.05, 0) is 37.0 Å². The lowest BCUT2D eigenvalue weighted by molar-refractivity contribution is -0.137. The van der Waals surface area contributed by atoms with Crippen LogP contribution in [0.3, 0.4) is 0 Å². The highest BCUT2D eigenvalue weighted by atomic mass is 31.1. The van der Waals surface area contributed by atoms with Crippen molar-refractivity contribution in [2.24, 2.45) is 0 Å². The molecule has 0 aromatic rings. The van der Waals surface area contributed by atoms with Gasteiger partial charge in [0, 0.05) is 52.4 Å². The number of aliphatic carboxylic acids is 4. The van der Waals surface area contributed by atoms with Gasteiger partial charge in [0.2, 0.25) is 0 Å². The third-order valence-corrected chi connectivity index (χ3v) is 9.73. The van der Waals surface area contributed by atoms with Crippen LogP contribution >= 0.6 is 15.8 Å². The van der Waals surface area contributed by atoms with Gasteiger partial charge in [-0.3, -0.25) is 19.2 Å². The molecule has 10 nitrogen and oxygen atoms in total. The maximum absolute atomic E-state index is 10.9. The zero-order valence-corrected chi connectivity index (χ0v) is 19.9. The van der Waals surface area contributed by atoms with Crippen molar-refractivity contribution < 1.29 is 44.3 Å². The molecular formula is C19H35NO9P2. The van der Waals surface area contributed by atoms with Crippen LogP contribution in [0.15, 0.2) is 0 Å². The molecule has 0 spiro atoms. The zero-order valence-electron chi connectivity index (χ0n) is 18.1. The van der Waals surface area contributed by atoms with Crippen LogP contribution in [0, 0.1) is 0 Å². The average Bonchev–Trinajstić information content (AvgIpc) is 2.68. The summed E-state index contributed by atoms with van der Waals surface area (Å²) in [4.78, 5) is 45.8. The van der Waals surface area contributed by atoms with E-state index in [-0.39, 0.29) is 25.7 Å². The van der Waals surface area contributed by atoms with Crippen LogP contribution in [0.1, 0.15) is 25.7 Å². The number of hydrogen-bond acceptors (Lipinski definition) is 6. The summed E-state index contributed by atoms with van der Waals surface area (Å²) in [6, 6.07) is 0. The molecule has 0 aliphatic rings. The Morgan fingerprint density at radius 1 is 0.613 bits per heavy atom. The van der Waals surface area contributed by atoms with E-state index in [0.29, 0.717) is 50.9 Å². The summed E-state index contributed by atoms with van der Waals surface area (Å²) in [5.41, 5.74) is 0. The number of carboxylic acid groups (broad SMARTS) is 4. The molecule has 0 unspecified atom stereocenters. The standard InChI is InChI=1S/C19H35NO9P2/c1-29-9-6-20(7-14-30(10-2-16(21)22)11-3-17(23)24)8-15-31(12-4-18(25)26)13-5-19(27)28/h2-15H2,1H3,(H,21,22)(H,23,24)(H,25,26)(H,27,28). The SMILES string of the molecule is COCCN(CCP(CCC(=O)O)CCC(=O)O)CCP(CCC(=O)O)CCC(=O)O. The minimum Gasteiger partial charge on any atom is -0.481 e. The lowest BCUT2D eigenvalue weighted by Gasteiger charge is -2.27. The topological polar surface area (TPSA) is 162 Å². The average molecular weight is 483 g/mol. The predicted molar refractivity (Wildman–Crippen MR) is 120 cm³/mol. The van der Waals surface area contributed by atoms with Crippen LogP contribution in [-0.2, 0) is 23.9 Å². The van der Waals surface area contributed by atoms with Crippen molar-refractivity contribution in [3.05, 3.63) is 0 Å². The van der Waals surface area contributed by atoms with Gasteiger partial charge in [0.05, 0.1) is 6.61 Å². The third-order valence-electron chi connectivity index (χ3n) is 4.64. The molecule has 0 rings (SSSR count). The van der Waals surface area contributed by atoms with E-state index in [4.69, 9.17) is 25.2 Å². The number of nitrogens with zero attached hydrogens (tertiary/aromatic N) is 1. The van der Waals surface area contributed by atoms with E-state index in [2.05, 4.69) is 4.90 Å². The fourth-order valence-electron chi connectivity index (χ4n) is 2.81. The molecule has 0 fully saturated rings. The van der Waals surface area contributed by atoms with E-state index in [1.807, 2.05) is 0 Å². The van der Waals surface area contributed by atoms with E-state index in [0.717, 1.165) is 12.3 Å². The highest BCUT2D eigenvalue weighted by Crippen LogP contribution is 2.38. The second-order valence-corrected chi connectivity index (χ2v) is 12.5. The van der Waals surface area contributed by atoms with Gasteiger partial charge in [-0.25, -0.2) is 0 Å². The van der Waals surface area contributed by atoms with E-state index in [1.165, 1.54) is 0 Å². The van der Waals surface area contributed by atoms with Crippen molar-refractivity contribution >= 4 is 39.7 Å². The van der Waals surface area contributed by atoms with Gasteiger partial charge in [-0.2, -0.15) is 0 Å². The molecule has 0 atom stereocenters. The molecule has 12 heteroatoms. The van der Waals surface area contributed by atoms with Gasteiger partial charge in [-0.15, -0.1) is 15.8 Å². The predicted octanol–water partition coefficient (Wildman–Crippen LogP) is 1.80. The summed E-state index contributed by atoms with van der Waals surface area (Å²) >= 11 is 0. The first kappa shape index (κ1) is 29.7. The molecule has 0 heterocycles. The van der Waals surface area contributed by atoms with Crippen molar-refractivity contribution in [2.45, 2.75) is 25.7 Å². The first-order chi connectivity index (χ1) is 14.6. The van der Waals surface area contributed by atoms with E-state index in [9.17, 15) is 19.2 Å². The van der Waals surface area contributed by atoms with Gasteiger partial charge in [0.15, 0.2) is 0 Å². The Labute approximate surface area is 185 Å². The minimum absolute atomic E-state index is 0.0269. The number of ether oxygens (including phenoxy) is 1. The number of rotatable bonds is 21. The molecule has 0 aliphatic carbocycles. The highest BCUT2D eigenvalue weighted by molar-refractivity contribution is 7.58. The van der Waals surface area contributed by atoms with Gasteiger partial charge < -0.3 is 30.1 Å². The largest absolute Gasteiger partial charge is 0.481 e. The molecule has 0 bridgehead atoms. The molecule has 0 aromatic heterocycles. The van der Waals surface area contributed by atoms with Crippen LogP contribution in [0.25, 0.3) is 0 Å². The van der Waals surface area contributed by atoms with Crippen LogP contribution < -0.4 is 0 Å². The Morgan fingerprint density at radius 2 is 0.935 bits per heavy atom. The lowest BCUT2D eigenvalue weighted by atomic mass is 10.5. The van der Waals surface area contributed by atoms with Crippen molar-refractivity contribution in [3.8, 4) is 0 Å². The summed E-state index contributed by atoms with van der Waals surface area (Å²) in [5, 5.41) is 35.8. The number of methoxy groups -OCH3 is 1. The number of carboxylic acids is 4. The first-order valence-corrected chi connectivity index (χ1v) is 14.0. The fourth-order valence-corrected chi connectivity index (χ4v) is 7.31. The Bertz CT molecular complexity index is 482. The van der Waals surface area contributed by atoms with Crippen molar-refractivity contribution in [1.29, 1.82) is 0 Å². The molecule has 180 valence electrons. The van der Waals surface area contributed by atoms with Crippen LogP contribution in [0.2, 0.25) is 0 Å². The van der Waals surface area contributed by atoms with E-state index in [1.54, 1.807) is 7.11 Å². The number of carbonyl (C=O) groups is 4. The van der Waals surface area contributed by atoms with Gasteiger partial charge in [0.1, 0.15) is 0 Å². The van der Waals surface area contributed by atoms with Crippen molar-refractivity contribution in [2.75, 3.05) is 70.3 Å². The monoisotopic (exact) mass is 483 g/mol. The van der Waals surface area contributed by atoms with Gasteiger partial charge in [0.25, 0.3) is 0 Å². The zero-order chi connectivity index (χ0) is 23.6. The van der Waals surface area contributed by atoms with Gasteiger partial charge >= 0.3 is 23.9 Å². The minimum atomic E-state index is -0.887. The fraction of sp³-hybridized carbons (Fsp3) is 0.789. The summed E-state index contributed by atoms with van der Waals surface area (Å²) in [5.74, 6) is -3.55. The van der Waals surface area contributed by atoms with E-state index < -0.39 is 39.7 Å². The quantitative estimate of drug-likeness (QED) is 0.177. The Morgan fingerprint density at radius 3 is 1.19 bits per heavy atom. The Kier molecular flexibility index (Phi) is 17.5. The van der Waals surface area contributed by atoms with Gasteiger partial charge in [-0.1, -0.05) is 0 Å². The molecule has 0 aromatic carbocycles. The molecule has 0 saturated heterocycles. The summed E-state index contributed by atoms with van der Waals surface area (Å²) in [6.45, 7) is 2.51. The lowest BCUT2D eigenvalue weighted by Crippen LogP contribution is -2.33. The Balaban J connectivity index is 4.84. The second kappa shape index (κ2) is 18.3. The molecule has 0 radical (unpaired) electrons. The first-order valence-electron chi connectivity index (χ1n) is 10.2. The normalized spacial score (nSPS) is 11.4. The third kappa shape index (κ3) is 19.1. The molecule has 31 heavy (non-hydrogen) atoms. The maximum Gasteiger partial charge on any atom is 0.303 e. The van der Waals surface area contributed by atoms with Crippen LogP contribution in [0.5, 0.6) is 0 Å². The molecular weight excluding hydrogens is 448 g/mol. The molecule has 0 amide bonds. The number of hydrogen-bond donors (Lipinski definition) is 4. The maximum atomic E-state index is 10.9. The molecule has 0 saturated carbocycles. The van der Waals surface area contributed by atoms with Crippen molar-refractivity contribution in [1.82, 2.24) is 4.90 Å². The molecule has 0 aliphatic heterocycles. The summed E-state index contributed by atoms with van der Waals surface area (Å²) in [7, 11) is 0.146. The second-order valence-electron chi connectivity index (χ2n) is 7.09. The summed E-state index contributed by atoms with van der Waals surface area (Å²) < 4.78 is 5.16. The van der Waals surface area contributed by atoms with Crippen LogP contribution in [0.4, 0.5) is 0 Å². The van der Waals surface area contributed by atoms with E-state index >= 15 is 0 Å². The highest BCUT2D eigenvalue weighted by Gasteiger charge is 2.17. The molecule has 4 N–H and O–H groups in total.